The van der Waals surface area contributed by atoms with Crippen LogP contribution in [0.5, 0.6) is 11.5 Å². The van der Waals surface area contributed by atoms with E-state index in [1.54, 1.807) is 50.6 Å². The van der Waals surface area contributed by atoms with Crippen molar-refractivity contribution in [2.24, 2.45) is 0 Å². The quantitative estimate of drug-likeness (QED) is 0.590. The van der Waals surface area contributed by atoms with Gasteiger partial charge in [0.05, 0.1) is 14.2 Å². The van der Waals surface area contributed by atoms with E-state index in [1.165, 1.54) is 6.08 Å². The molecule has 0 unspecified atom stereocenters. The van der Waals surface area contributed by atoms with Crippen molar-refractivity contribution in [2.75, 3.05) is 14.2 Å². The largest absolute Gasteiger partial charge is 0.497 e. The van der Waals surface area contributed by atoms with Gasteiger partial charge in [-0.1, -0.05) is 23.7 Å². The molecule has 2 rings (SSSR count). The summed E-state index contributed by atoms with van der Waals surface area (Å²) in [7, 11) is 3.14. The van der Waals surface area contributed by atoms with E-state index < -0.39 is 5.97 Å². The zero-order chi connectivity index (χ0) is 16.7. The number of esters is 1. The van der Waals surface area contributed by atoms with Gasteiger partial charge >= 0.3 is 5.97 Å². The Morgan fingerprint density at radius 2 is 1.96 bits per heavy atom. The summed E-state index contributed by atoms with van der Waals surface area (Å²) in [5.41, 5.74) is 1.56. The summed E-state index contributed by atoms with van der Waals surface area (Å²) >= 11 is 5.89. The molecule has 0 aliphatic carbocycles. The van der Waals surface area contributed by atoms with Crippen molar-refractivity contribution in [1.29, 1.82) is 0 Å². The van der Waals surface area contributed by atoms with Gasteiger partial charge in [0.15, 0.2) is 0 Å². The Morgan fingerprint density at radius 1 is 1.13 bits per heavy atom. The van der Waals surface area contributed by atoms with Crippen molar-refractivity contribution in [3.8, 4) is 11.5 Å². The number of ether oxygens (including phenoxy) is 3. The van der Waals surface area contributed by atoms with E-state index in [9.17, 15) is 4.79 Å². The fraction of sp³-hybridized carbons (Fsp3) is 0.167. The molecule has 0 amide bonds. The number of benzene rings is 2. The van der Waals surface area contributed by atoms with Gasteiger partial charge in [0.25, 0.3) is 0 Å². The minimum absolute atomic E-state index is 0.0963. The third-order valence-corrected chi connectivity index (χ3v) is 3.35. The average molecular weight is 333 g/mol. The van der Waals surface area contributed by atoms with Gasteiger partial charge in [0.2, 0.25) is 0 Å². The Morgan fingerprint density at radius 3 is 2.65 bits per heavy atom. The number of rotatable bonds is 6. The van der Waals surface area contributed by atoms with Crippen LogP contribution in [0.4, 0.5) is 0 Å². The molecule has 4 nitrogen and oxygen atoms in total. The van der Waals surface area contributed by atoms with Crippen LogP contribution in [0.3, 0.4) is 0 Å². The monoisotopic (exact) mass is 332 g/mol. The first-order valence-corrected chi connectivity index (χ1v) is 7.31. The normalized spacial score (nSPS) is 10.6. The molecule has 0 aliphatic heterocycles. The maximum absolute atomic E-state index is 11.8. The minimum atomic E-state index is -0.449. The average Bonchev–Trinajstić information content (AvgIpc) is 2.57. The van der Waals surface area contributed by atoms with E-state index in [1.807, 2.05) is 12.1 Å². The molecule has 0 saturated carbocycles. The molecule has 0 bridgehead atoms. The summed E-state index contributed by atoms with van der Waals surface area (Å²) < 4.78 is 15.6. The maximum Gasteiger partial charge on any atom is 0.331 e. The van der Waals surface area contributed by atoms with Gasteiger partial charge in [0.1, 0.15) is 18.1 Å². The summed E-state index contributed by atoms with van der Waals surface area (Å²) in [6.45, 7) is 0.0963. The molecule has 0 aliphatic rings. The number of hydrogen-bond acceptors (Lipinski definition) is 4. The first-order chi connectivity index (χ1) is 11.1. The van der Waals surface area contributed by atoms with Gasteiger partial charge < -0.3 is 14.2 Å². The van der Waals surface area contributed by atoms with Crippen LogP contribution in [0.2, 0.25) is 5.02 Å². The molecular weight excluding hydrogens is 316 g/mol. The van der Waals surface area contributed by atoms with Crippen molar-refractivity contribution in [3.05, 3.63) is 64.7 Å². The summed E-state index contributed by atoms with van der Waals surface area (Å²) in [5, 5.41) is 0.613. The van der Waals surface area contributed by atoms with E-state index >= 15 is 0 Å². The highest BCUT2D eigenvalue weighted by molar-refractivity contribution is 6.30. The zero-order valence-electron chi connectivity index (χ0n) is 12.9. The molecule has 2 aromatic carbocycles. The molecule has 0 spiro atoms. The van der Waals surface area contributed by atoms with Crippen LogP contribution in [0, 0.1) is 0 Å². The highest BCUT2D eigenvalue weighted by atomic mass is 35.5. The molecule has 0 heterocycles. The summed E-state index contributed by atoms with van der Waals surface area (Å²) in [4.78, 5) is 11.8. The topological polar surface area (TPSA) is 44.8 Å². The van der Waals surface area contributed by atoms with Crippen molar-refractivity contribution >= 4 is 23.6 Å². The molecule has 0 N–H and O–H groups in total. The molecule has 23 heavy (non-hydrogen) atoms. The second-order valence-corrected chi connectivity index (χ2v) is 5.11. The van der Waals surface area contributed by atoms with Gasteiger partial charge in [-0.3, -0.25) is 0 Å². The van der Waals surface area contributed by atoms with Crippen molar-refractivity contribution in [2.45, 2.75) is 6.61 Å². The fourth-order valence-corrected chi connectivity index (χ4v) is 2.16. The minimum Gasteiger partial charge on any atom is -0.497 e. The molecule has 5 heteroatoms. The van der Waals surface area contributed by atoms with E-state index in [2.05, 4.69) is 0 Å². The van der Waals surface area contributed by atoms with Crippen LogP contribution >= 0.6 is 11.6 Å². The molecule has 2 aromatic rings. The number of carbonyl (C=O) groups excluding carboxylic acids is 1. The van der Waals surface area contributed by atoms with Gasteiger partial charge in [-0.2, -0.15) is 0 Å². The van der Waals surface area contributed by atoms with E-state index in [-0.39, 0.29) is 6.61 Å². The predicted octanol–water partition coefficient (Wildman–Crippen LogP) is 4.11. The van der Waals surface area contributed by atoms with Gasteiger partial charge in [-0.25, -0.2) is 4.79 Å². The van der Waals surface area contributed by atoms with Crippen LogP contribution in [0.25, 0.3) is 6.08 Å². The first-order valence-electron chi connectivity index (χ1n) is 6.93. The van der Waals surface area contributed by atoms with Crippen LogP contribution in [-0.4, -0.2) is 20.2 Å². The lowest BCUT2D eigenvalue weighted by Gasteiger charge is -2.10. The van der Waals surface area contributed by atoms with Gasteiger partial charge in [-0.15, -0.1) is 0 Å². The lowest BCUT2D eigenvalue weighted by Crippen LogP contribution is -2.02. The van der Waals surface area contributed by atoms with Crippen LogP contribution in [0.15, 0.2) is 48.5 Å². The lowest BCUT2D eigenvalue weighted by atomic mass is 10.2. The van der Waals surface area contributed by atoms with E-state index in [0.717, 1.165) is 11.1 Å². The Labute approximate surface area is 140 Å². The number of halogens is 1. The van der Waals surface area contributed by atoms with E-state index in [4.69, 9.17) is 25.8 Å². The Kier molecular flexibility index (Phi) is 6.06. The summed E-state index contributed by atoms with van der Waals surface area (Å²) in [6.07, 6.45) is 3.01. The number of hydrogen-bond donors (Lipinski definition) is 0. The molecular formula is C18H17ClO4. The smallest absolute Gasteiger partial charge is 0.331 e. The summed E-state index contributed by atoms with van der Waals surface area (Å²) in [5.74, 6) is 0.860. The van der Waals surface area contributed by atoms with Crippen molar-refractivity contribution < 1.29 is 19.0 Å². The van der Waals surface area contributed by atoms with Gasteiger partial charge in [-0.05, 0) is 42.0 Å². The number of carbonyl (C=O) groups is 1. The van der Waals surface area contributed by atoms with E-state index in [0.29, 0.717) is 16.5 Å². The Balaban J connectivity index is 1.99. The third kappa shape index (κ3) is 5.04. The van der Waals surface area contributed by atoms with Crippen LogP contribution in [0.1, 0.15) is 11.1 Å². The highest BCUT2D eigenvalue weighted by Gasteiger charge is 2.07. The Bertz CT molecular complexity index is 710. The SMILES string of the molecule is COc1ccc(OC)c(COC(=O)/C=C/c2cccc(Cl)c2)c1. The molecule has 0 aromatic heterocycles. The predicted molar refractivity (Wildman–Crippen MR) is 89.8 cm³/mol. The van der Waals surface area contributed by atoms with Crippen molar-refractivity contribution in [1.82, 2.24) is 0 Å². The highest BCUT2D eigenvalue weighted by Crippen LogP contribution is 2.24. The molecule has 0 saturated heterocycles. The van der Waals surface area contributed by atoms with Crippen LogP contribution in [-0.2, 0) is 16.1 Å². The molecule has 0 atom stereocenters. The van der Waals surface area contributed by atoms with Gasteiger partial charge in [0, 0.05) is 16.7 Å². The fourth-order valence-electron chi connectivity index (χ4n) is 1.97. The third-order valence-electron chi connectivity index (χ3n) is 3.12. The zero-order valence-corrected chi connectivity index (χ0v) is 13.7. The standard InChI is InChI=1S/C18H17ClO4/c1-21-16-7-8-17(22-2)14(11-16)12-23-18(20)9-6-13-4-3-5-15(19)10-13/h3-11H,12H2,1-2H3/b9-6+. The van der Waals surface area contributed by atoms with Crippen molar-refractivity contribution in [3.63, 3.8) is 0 Å². The second-order valence-electron chi connectivity index (χ2n) is 4.67. The number of methoxy groups -OCH3 is 2. The first kappa shape index (κ1) is 16.9. The molecule has 0 radical (unpaired) electrons. The molecule has 120 valence electrons. The molecule has 0 fully saturated rings. The Hall–Kier alpha value is -2.46. The second kappa shape index (κ2) is 8.25. The summed E-state index contributed by atoms with van der Waals surface area (Å²) in [6, 6.07) is 12.5. The maximum atomic E-state index is 11.8. The lowest BCUT2D eigenvalue weighted by molar-refractivity contribution is -0.138. The van der Waals surface area contributed by atoms with Crippen LogP contribution < -0.4 is 9.47 Å².